The van der Waals surface area contributed by atoms with Crippen LogP contribution in [0, 0.1) is 12.8 Å². The molecule has 1 aliphatic rings. The van der Waals surface area contributed by atoms with Gasteiger partial charge in [0.25, 0.3) is 0 Å². The minimum atomic E-state index is 0.261. The van der Waals surface area contributed by atoms with Crippen molar-refractivity contribution in [3.63, 3.8) is 0 Å². The minimum absolute atomic E-state index is 0.261. The van der Waals surface area contributed by atoms with E-state index in [1.807, 2.05) is 18.7 Å². The van der Waals surface area contributed by atoms with Crippen LogP contribution in [-0.2, 0) is 13.5 Å². The van der Waals surface area contributed by atoms with Crippen LogP contribution in [0.1, 0.15) is 49.9 Å². The minimum Gasteiger partial charge on any atom is -0.327 e. The summed E-state index contributed by atoms with van der Waals surface area (Å²) < 4.78 is 3.08. The molecule has 0 saturated heterocycles. The van der Waals surface area contributed by atoms with Gasteiger partial charge in [0.2, 0.25) is 0 Å². The van der Waals surface area contributed by atoms with Crippen molar-refractivity contribution in [1.82, 2.24) is 9.78 Å². The Kier molecular flexibility index (Phi) is 4.84. The monoisotopic (exact) mass is 313 g/mol. The van der Waals surface area contributed by atoms with Gasteiger partial charge in [0.1, 0.15) is 0 Å². The highest BCUT2D eigenvalue weighted by atomic mass is 79.9. The van der Waals surface area contributed by atoms with Gasteiger partial charge < -0.3 is 5.73 Å². The molecule has 2 rings (SSSR count). The second kappa shape index (κ2) is 6.20. The maximum absolute atomic E-state index is 6.27. The van der Waals surface area contributed by atoms with Crippen LogP contribution in [0.3, 0.4) is 0 Å². The van der Waals surface area contributed by atoms with Crippen molar-refractivity contribution in [3.8, 4) is 0 Å². The van der Waals surface area contributed by atoms with Crippen molar-refractivity contribution in [2.75, 3.05) is 0 Å². The molecule has 4 heteroatoms. The summed E-state index contributed by atoms with van der Waals surface area (Å²) in [5.41, 5.74) is 8.55. The molecule has 1 fully saturated rings. The van der Waals surface area contributed by atoms with Crippen LogP contribution >= 0.6 is 15.9 Å². The lowest BCUT2D eigenvalue weighted by atomic mass is 9.97. The van der Waals surface area contributed by atoms with Crippen LogP contribution in [0.2, 0.25) is 0 Å². The molecule has 102 valence electrons. The highest BCUT2D eigenvalue weighted by Crippen LogP contribution is 2.29. The van der Waals surface area contributed by atoms with E-state index < -0.39 is 0 Å². The second-order valence-corrected chi connectivity index (χ2v) is 6.45. The number of aromatic nitrogens is 2. The maximum Gasteiger partial charge on any atom is 0.0738 e. The maximum atomic E-state index is 6.27. The van der Waals surface area contributed by atoms with Gasteiger partial charge in [-0.05, 0) is 41.6 Å². The van der Waals surface area contributed by atoms with E-state index in [0.717, 1.165) is 28.9 Å². The van der Waals surface area contributed by atoms with Gasteiger partial charge in [-0.25, -0.2) is 0 Å². The Hall–Kier alpha value is -0.350. The summed E-state index contributed by atoms with van der Waals surface area (Å²) in [5, 5.41) is 4.42. The van der Waals surface area contributed by atoms with Crippen molar-refractivity contribution in [2.24, 2.45) is 18.7 Å². The molecule has 1 aromatic rings. The van der Waals surface area contributed by atoms with E-state index in [9.17, 15) is 0 Å². The lowest BCUT2D eigenvalue weighted by Crippen LogP contribution is -2.25. The fraction of sp³-hybridized carbons (Fsp3) is 0.786. The first-order valence-corrected chi connectivity index (χ1v) is 7.80. The Morgan fingerprint density at radius 3 is 2.67 bits per heavy atom. The number of nitrogens with zero attached hydrogens (tertiary/aromatic N) is 2. The first-order chi connectivity index (χ1) is 8.58. The van der Waals surface area contributed by atoms with Crippen LogP contribution < -0.4 is 5.73 Å². The average molecular weight is 314 g/mol. The molecule has 1 heterocycles. The molecular formula is C14H24BrN3. The zero-order chi connectivity index (χ0) is 13.1. The highest BCUT2D eigenvalue weighted by Gasteiger charge is 2.18. The molecule has 18 heavy (non-hydrogen) atoms. The summed E-state index contributed by atoms with van der Waals surface area (Å²) in [6.07, 6.45) is 9.04. The van der Waals surface area contributed by atoms with Crippen molar-refractivity contribution >= 4 is 15.9 Å². The molecule has 0 aliphatic heterocycles. The molecule has 0 amide bonds. The standard InChI is InChI=1S/C14H24BrN3/c1-10-14(15)13(18(2)17-10)9-12(16)8-7-11-5-3-4-6-11/h11-12H,3-9,16H2,1-2H3. The average Bonchev–Trinajstić information content (AvgIpc) is 2.92. The Morgan fingerprint density at radius 2 is 2.11 bits per heavy atom. The number of hydrogen-bond acceptors (Lipinski definition) is 2. The van der Waals surface area contributed by atoms with E-state index in [2.05, 4.69) is 21.0 Å². The summed E-state index contributed by atoms with van der Waals surface area (Å²) >= 11 is 3.61. The summed E-state index contributed by atoms with van der Waals surface area (Å²) in [4.78, 5) is 0. The second-order valence-electron chi connectivity index (χ2n) is 5.66. The van der Waals surface area contributed by atoms with E-state index in [-0.39, 0.29) is 6.04 Å². The fourth-order valence-corrected chi connectivity index (χ4v) is 3.50. The molecule has 0 bridgehead atoms. The Morgan fingerprint density at radius 1 is 1.44 bits per heavy atom. The zero-order valence-electron chi connectivity index (χ0n) is 11.5. The van der Waals surface area contributed by atoms with E-state index in [1.165, 1.54) is 37.8 Å². The van der Waals surface area contributed by atoms with Gasteiger partial charge in [-0.3, -0.25) is 4.68 Å². The smallest absolute Gasteiger partial charge is 0.0738 e. The number of rotatable bonds is 5. The van der Waals surface area contributed by atoms with Crippen LogP contribution in [-0.4, -0.2) is 15.8 Å². The summed E-state index contributed by atoms with van der Waals surface area (Å²) in [7, 11) is 2.00. The lowest BCUT2D eigenvalue weighted by molar-refractivity contribution is 0.443. The van der Waals surface area contributed by atoms with Crippen LogP contribution in [0.4, 0.5) is 0 Å². The van der Waals surface area contributed by atoms with Crippen molar-refractivity contribution in [1.29, 1.82) is 0 Å². The van der Waals surface area contributed by atoms with Crippen molar-refractivity contribution in [2.45, 2.75) is 57.9 Å². The lowest BCUT2D eigenvalue weighted by Gasteiger charge is -2.15. The van der Waals surface area contributed by atoms with E-state index in [1.54, 1.807) is 0 Å². The molecule has 0 aromatic carbocycles. The molecule has 3 nitrogen and oxygen atoms in total. The number of nitrogens with two attached hydrogens (primary N) is 1. The third-order valence-electron chi connectivity index (χ3n) is 4.14. The number of halogens is 1. The van der Waals surface area contributed by atoms with Gasteiger partial charge in [0.15, 0.2) is 0 Å². The fourth-order valence-electron chi connectivity index (χ4n) is 3.00. The molecule has 1 atom stereocenters. The van der Waals surface area contributed by atoms with E-state index >= 15 is 0 Å². The normalized spacial score (nSPS) is 18.4. The Labute approximate surface area is 118 Å². The number of hydrogen-bond donors (Lipinski definition) is 1. The molecule has 1 unspecified atom stereocenters. The Bertz CT molecular complexity index is 394. The highest BCUT2D eigenvalue weighted by molar-refractivity contribution is 9.10. The molecule has 1 aromatic heterocycles. The molecule has 1 aliphatic carbocycles. The Balaban J connectivity index is 1.84. The van der Waals surface area contributed by atoms with Crippen LogP contribution in [0.5, 0.6) is 0 Å². The van der Waals surface area contributed by atoms with Gasteiger partial charge in [-0.2, -0.15) is 5.10 Å². The summed E-state index contributed by atoms with van der Waals surface area (Å²) in [5.74, 6) is 0.938. The first-order valence-electron chi connectivity index (χ1n) is 7.01. The van der Waals surface area contributed by atoms with Crippen molar-refractivity contribution in [3.05, 3.63) is 15.9 Å². The van der Waals surface area contributed by atoms with Crippen molar-refractivity contribution < 1.29 is 0 Å². The van der Waals surface area contributed by atoms with Crippen LogP contribution in [0.15, 0.2) is 4.47 Å². The molecule has 1 saturated carbocycles. The topological polar surface area (TPSA) is 43.8 Å². The first kappa shape index (κ1) is 14.1. The zero-order valence-corrected chi connectivity index (χ0v) is 13.0. The van der Waals surface area contributed by atoms with Gasteiger partial charge in [-0.1, -0.05) is 25.7 Å². The van der Waals surface area contributed by atoms with E-state index in [4.69, 9.17) is 5.73 Å². The molecule has 0 spiro atoms. The van der Waals surface area contributed by atoms with Gasteiger partial charge in [0.05, 0.1) is 15.9 Å². The predicted octanol–water partition coefficient (Wildman–Crippen LogP) is 3.33. The van der Waals surface area contributed by atoms with Gasteiger partial charge in [-0.15, -0.1) is 0 Å². The molecular weight excluding hydrogens is 290 g/mol. The SMILES string of the molecule is Cc1nn(C)c(CC(N)CCC2CCCC2)c1Br. The van der Waals surface area contributed by atoms with Crippen LogP contribution in [0.25, 0.3) is 0 Å². The third-order valence-corrected chi connectivity index (χ3v) is 5.17. The molecule has 2 N–H and O–H groups in total. The van der Waals surface area contributed by atoms with Gasteiger partial charge in [0, 0.05) is 19.5 Å². The third kappa shape index (κ3) is 3.35. The quantitative estimate of drug-likeness (QED) is 0.906. The summed E-state index contributed by atoms with van der Waals surface area (Å²) in [6.45, 7) is 2.03. The predicted molar refractivity (Wildman–Crippen MR) is 78.5 cm³/mol. The van der Waals surface area contributed by atoms with Gasteiger partial charge >= 0.3 is 0 Å². The van der Waals surface area contributed by atoms with E-state index in [0.29, 0.717) is 0 Å². The molecule has 0 radical (unpaired) electrons. The summed E-state index contributed by atoms with van der Waals surface area (Å²) in [6, 6.07) is 0.261. The number of aryl methyl sites for hydroxylation is 2. The largest absolute Gasteiger partial charge is 0.327 e.